The van der Waals surface area contributed by atoms with E-state index in [4.69, 9.17) is 4.74 Å². The fraction of sp³-hybridized carbons (Fsp3) is 0.269. The van der Waals surface area contributed by atoms with Crippen LogP contribution in [-0.4, -0.2) is 40.6 Å². The molecule has 1 aliphatic heterocycles. The van der Waals surface area contributed by atoms with Gasteiger partial charge in [0.25, 0.3) is 0 Å². The van der Waals surface area contributed by atoms with Gasteiger partial charge in [-0.25, -0.2) is 4.79 Å². The monoisotopic (exact) mass is 428 g/mol. The summed E-state index contributed by atoms with van der Waals surface area (Å²) in [5.41, 5.74) is 4.35. The second kappa shape index (κ2) is 10.6. The van der Waals surface area contributed by atoms with Gasteiger partial charge in [0.1, 0.15) is 5.75 Å². The Morgan fingerprint density at radius 1 is 1.16 bits per heavy atom. The topological polar surface area (TPSA) is 67.4 Å². The number of anilines is 1. The van der Waals surface area contributed by atoms with Crippen LogP contribution in [-0.2, 0) is 6.42 Å². The average molecular weight is 429 g/mol. The highest BCUT2D eigenvalue weighted by Crippen LogP contribution is 2.26. The van der Waals surface area contributed by atoms with Crippen LogP contribution in [0.3, 0.4) is 0 Å². The molecule has 2 aromatic heterocycles. The number of amides is 2. The normalized spacial score (nSPS) is 17.2. The van der Waals surface area contributed by atoms with Gasteiger partial charge in [0, 0.05) is 38.1 Å². The molecule has 0 aliphatic carbocycles. The quantitative estimate of drug-likeness (QED) is 0.596. The number of benzene rings is 1. The molecule has 1 aliphatic rings. The van der Waals surface area contributed by atoms with Crippen molar-refractivity contribution in [3.05, 3.63) is 90.0 Å². The summed E-state index contributed by atoms with van der Waals surface area (Å²) in [7, 11) is 0. The van der Waals surface area contributed by atoms with Gasteiger partial charge in [0.15, 0.2) is 0 Å². The zero-order valence-electron chi connectivity index (χ0n) is 18.3. The van der Waals surface area contributed by atoms with E-state index in [1.165, 1.54) is 11.1 Å². The summed E-state index contributed by atoms with van der Waals surface area (Å²) in [5, 5.41) is 2.92. The van der Waals surface area contributed by atoms with Crippen molar-refractivity contribution < 1.29 is 9.53 Å². The smallest absolute Gasteiger partial charge is 0.321 e. The van der Waals surface area contributed by atoms with E-state index in [0.717, 1.165) is 24.2 Å². The third-order valence-electron chi connectivity index (χ3n) is 5.59. The Kier molecular flexibility index (Phi) is 7.12. The SMILES string of the molecule is CC1CN(C(=O)Nc2cccnc2)CC/C1=C\c1cccc(OCCc2cccnc2)c1. The number of hydrogen-bond acceptors (Lipinski definition) is 4. The van der Waals surface area contributed by atoms with E-state index in [1.54, 1.807) is 18.6 Å². The maximum absolute atomic E-state index is 12.6. The van der Waals surface area contributed by atoms with Gasteiger partial charge in [-0.2, -0.15) is 0 Å². The molecule has 1 N–H and O–H groups in total. The lowest BCUT2D eigenvalue weighted by molar-refractivity contribution is 0.198. The van der Waals surface area contributed by atoms with Crippen LogP contribution in [0, 0.1) is 5.92 Å². The lowest BCUT2D eigenvalue weighted by Gasteiger charge is -2.33. The maximum atomic E-state index is 12.6. The van der Waals surface area contributed by atoms with Gasteiger partial charge >= 0.3 is 6.03 Å². The number of aromatic nitrogens is 2. The Balaban J connectivity index is 1.32. The molecule has 1 unspecified atom stereocenters. The molecule has 32 heavy (non-hydrogen) atoms. The number of hydrogen-bond donors (Lipinski definition) is 1. The first-order chi connectivity index (χ1) is 15.7. The van der Waals surface area contributed by atoms with Gasteiger partial charge in [-0.3, -0.25) is 9.97 Å². The molecule has 6 nitrogen and oxygen atoms in total. The minimum absolute atomic E-state index is 0.0760. The maximum Gasteiger partial charge on any atom is 0.321 e. The zero-order chi connectivity index (χ0) is 22.2. The molecule has 164 valence electrons. The lowest BCUT2D eigenvalue weighted by atomic mass is 9.91. The predicted octanol–water partition coefficient (Wildman–Crippen LogP) is 5.06. The third kappa shape index (κ3) is 5.94. The number of carbonyl (C=O) groups excluding carboxylic acids is 1. The molecule has 1 fully saturated rings. The number of pyridine rings is 2. The van der Waals surface area contributed by atoms with Gasteiger partial charge in [-0.05, 0) is 53.8 Å². The van der Waals surface area contributed by atoms with Crippen molar-refractivity contribution in [3.8, 4) is 5.75 Å². The highest BCUT2D eigenvalue weighted by atomic mass is 16.5. The molecule has 3 heterocycles. The van der Waals surface area contributed by atoms with E-state index in [2.05, 4.69) is 46.5 Å². The van der Waals surface area contributed by atoms with Crippen molar-refractivity contribution in [1.82, 2.24) is 14.9 Å². The number of nitrogens with zero attached hydrogens (tertiary/aromatic N) is 3. The van der Waals surface area contributed by atoms with Gasteiger partial charge < -0.3 is 15.0 Å². The second-order valence-corrected chi connectivity index (χ2v) is 8.02. The summed E-state index contributed by atoms with van der Waals surface area (Å²) in [6.07, 6.45) is 10.9. The minimum atomic E-state index is -0.0760. The molecule has 0 radical (unpaired) electrons. The van der Waals surface area contributed by atoms with E-state index in [1.807, 2.05) is 41.4 Å². The standard InChI is InChI=1S/C26H28N4O2/c1-20-19-30(26(31)29-24-7-4-12-28-18-24)13-9-23(20)15-22-5-2-8-25(16-22)32-14-10-21-6-3-11-27-17-21/h2-8,11-12,15-18,20H,9-10,13-14,19H2,1H3,(H,29,31)/b23-15+. The van der Waals surface area contributed by atoms with Crippen LogP contribution in [0.5, 0.6) is 5.75 Å². The van der Waals surface area contributed by atoms with E-state index in [-0.39, 0.29) is 6.03 Å². The van der Waals surface area contributed by atoms with Crippen LogP contribution in [0.25, 0.3) is 6.08 Å². The number of urea groups is 1. The summed E-state index contributed by atoms with van der Waals surface area (Å²) >= 11 is 0. The highest BCUT2D eigenvalue weighted by Gasteiger charge is 2.24. The van der Waals surface area contributed by atoms with E-state index in [9.17, 15) is 4.79 Å². The lowest BCUT2D eigenvalue weighted by Crippen LogP contribution is -2.42. The van der Waals surface area contributed by atoms with Crippen LogP contribution in [0.15, 0.2) is 78.9 Å². The summed E-state index contributed by atoms with van der Waals surface area (Å²) in [5.74, 6) is 1.16. The minimum Gasteiger partial charge on any atom is -0.493 e. The Morgan fingerprint density at radius 2 is 2.00 bits per heavy atom. The first kappa shape index (κ1) is 21.6. The fourth-order valence-electron chi connectivity index (χ4n) is 3.83. The Labute approximate surface area is 189 Å². The molecule has 1 saturated heterocycles. The molecule has 4 rings (SSSR count). The zero-order valence-corrected chi connectivity index (χ0v) is 18.3. The number of ether oxygens (including phenoxy) is 1. The van der Waals surface area contributed by atoms with Gasteiger partial charge in [0.2, 0.25) is 0 Å². The van der Waals surface area contributed by atoms with Crippen molar-refractivity contribution in [3.63, 3.8) is 0 Å². The molecule has 1 aromatic carbocycles. The summed E-state index contributed by atoms with van der Waals surface area (Å²) in [6, 6.07) is 15.8. The van der Waals surface area contributed by atoms with E-state index >= 15 is 0 Å². The molecule has 1 atom stereocenters. The molecule has 6 heteroatoms. The van der Waals surface area contributed by atoms with Gasteiger partial charge in [-0.15, -0.1) is 0 Å². The Bertz CT molecular complexity index is 1050. The highest BCUT2D eigenvalue weighted by molar-refractivity contribution is 5.89. The van der Waals surface area contributed by atoms with Crippen molar-refractivity contribution in [2.75, 3.05) is 25.0 Å². The predicted molar refractivity (Wildman–Crippen MR) is 126 cm³/mol. The van der Waals surface area contributed by atoms with Crippen molar-refractivity contribution in [2.24, 2.45) is 5.92 Å². The van der Waals surface area contributed by atoms with E-state index < -0.39 is 0 Å². The molecule has 0 spiro atoms. The number of carbonyl (C=O) groups is 1. The number of nitrogens with one attached hydrogen (secondary N) is 1. The average Bonchev–Trinajstić information content (AvgIpc) is 2.82. The van der Waals surface area contributed by atoms with Crippen LogP contribution in [0.4, 0.5) is 10.5 Å². The molecular weight excluding hydrogens is 400 g/mol. The molecule has 0 bridgehead atoms. The van der Waals surface area contributed by atoms with Crippen LogP contribution in [0.2, 0.25) is 0 Å². The number of piperidine rings is 1. The number of rotatable bonds is 6. The number of likely N-dealkylation sites (tertiary alicyclic amines) is 1. The largest absolute Gasteiger partial charge is 0.493 e. The van der Waals surface area contributed by atoms with Crippen LogP contribution < -0.4 is 10.1 Å². The fourth-order valence-corrected chi connectivity index (χ4v) is 3.83. The summed E-state index contributed by atoms with van der Waals surface area (Å²) < 4.78 is 5.95. The van der Waals surface area contributed by atoms with Gasteiger partial charge in [-0.1, -0.05) is 36.8 Å². The first-order valence-corrected chi connectivity index (χ1v) is 11.0. The second-order valence-electron chi connectivity index (χ2n) is 8.02. The first-order valence-electron chi connectivity index (χ1n) is 11.0. The van der Waals surface area contributed by atoms with Crippen molar-refractivity contribution >= 4 is 17.8 Å². The summed E-state index contributed by atoms with van der Waals surface area (Å²) in [4.78, 5) is 22.6. The third-order valence-corrected chi connectivity index (χ3v) is 5.59. The van der Waals surface area contributed by atoms with E-state index in [0.29, 0.717) is 31.3 Å². The van der Waals surface area contributed by atoms with Crippen LogP contribution in [0.1, 0.15) is 24.5 Å². The Hall–Kier alpha value is -3.67. The Morgan fingerprint density at radius 3 is 2.75 bits per heavy atom. The molecule has 2 amide bonds. The molecule has 3 aromatic rings. The van der Waals surface area contributed by atoms with Crippen LogP contribution >= 0.6 is 0 Å². The summed E-state index contributed by atoms with van der Waals surface area (Å²) in [6.45, 7) is 4.18. The molecule has 0 saturated carbocycles. The van der Waals surface area contributed by atoms with Crippen molar-refractivity contribution in [1.29, 1.82) is 0 Å². The van der Waals surface area contributed by atoms with Crippen molar-refractivity contribution in [2.45, 2.75) is 19.8 Å². The molecular formula is C26H28N4O2. The van der Waals surface area contributed by atoms with Gasteiger partial charge in [0.05, 0.1) is 18.5 Å².